The van der Waals surface area contributed by atoms with Gasteiger partial charge >= 0.3 is 0 Å². The Kier molecular flexibility index (Phi) is 4.90. The molecular weight excluding hydrogens is 374 g/mol. The molecule has 28 heavy (non-hydrogen) atoms. The maximum atomic E-state index is 11.1. The van der Waals surface area contributed by atoms with E-state index in [0.29, 0.717) is 38.7 Å². The number of aliphatic hydroxyl groups is 1. The highest BCUT2D eigenvalue weighted by molar-refractivity contribution is 6.30. The summed E-state index contributed by atoms with van der Waals surface area (Å²) in [6.45, 7) is 0. The second kappa shape index (κ2) is 7.65. The monoisotopic (exact) mass is 387 g/mol. The predicted octanol–water partition coefficient (Wildman–Crippen LogP) is 5.01. The number of hydrogen-bond donors (Lipinski definition) is 1. The van der Waals surface area contributed by atoms with Crippen molar-refractivity contribution in [2.24, 2.45) is 0 Å². The van der Waals surface area contributed by atoms with Crippen LogP contribution in [0.25, 0.3) is 22.6 Å². The molecule has 5 nitrogen and oxygen atoms in total. The van der Waals surface area contributed by atoms with Crippen LogP contribution in [-0.4, -0.2) is 15.2 Å². The summed E-state index contributed by atoms with van der Waals surface area (Å²) in [5.74, 6) is 0.429. The van der Waals surface area contributed by atoms with Crippen LogP contribution >= 0.6 is 11.6 Å². The molecule has 1 atom stereocenters. The Labute approximate surface area is 166 Å². The Bertz CT molecular complexity index is 1150. The normalized spacial score (nSPS) is 11.8. The first kappa shape index (κ1) is 17.9. The van der Waals surface area contributed by atoms with Crippen molar-refractivity contribution in [2.45, 2.75) is 6.10 Å². The van der Waals surface area contributed by atoms with Crippen LogP contribution in [0.2, 0.25) is 5.02 Å². The number of hydrogen-bond acceptors (Lipinski definition) is 5. The van der Waals surface area contributed by atoms with Gasteiger partial charge < -0.3 is 9.63 Å². The van der Waals surface area contributed by atoms with E-state index in [1.54, 1.807) is 60.9 Å². The molecule has 0 aliphatic rings. The Balaban J connectivity index is 1.90. The van der Waals surface area contributed by atoms with E-state index in [1.807, 2.05) is 12.1 Å². The van der Waals surface area contributed by atoms with Crippen molar-refractivity contribution in [1.29, 1.82) is 5.26 Å². The minimum absolute atomic E-state index is 0.429. The van der Waals surface area contributed by atoms with Crippen LogP contribution in [0.1, 0.15) is 22.8 Å². The summed E-state index contributed by atoms with van der Waals surface area (Å²) >= 11 is 6.14. The Hall–Kier alpha value is -3.46. The second-order valence-corrected chi connectivity index (χ2v) is 6.60. The van der Waals surface area contributed by atoms with Gasteiger partial charge in [-0.15, -0.1) is 0 Å². The largest absolute Gasteiger partial charge is 0.383 e. The molecule has 1 N–H and O–H groups in total. The zero-order valence-corrected chi connectivity index (χ0v) is 15.3. The lowest BCUT2D eigenvalue weighted by Gasteiger charge is -2.12. The van der Waals surface area contributed by atoms with Crippen molar-refractivity contribution in [3.63, 3.8) is 0 Å². The van der Waals surface area contributed by atoms with Crippen molar-refractivity contribution in [3.8, 4) is 28.7 Å². The van der Waals surface area contributed by atoms with Gasteiger partial charge in [0.2, 0.25) is 0 Å². The highest BCUT2D eigenvalue weighted by atomic mass is 35.5. The number of benzene rings is 2. The van der Waals surface area contributed by atoms with Gasteiger partial charge in [0.05, 0.1) is 17.2 Å². The average molecular weight is 388 g/mol. The minimum Gasteiger partial charge on any atom is -0.383 e. The third-order valence-electron chi connectivity index (χ3n) is 4.38. The highest BCUT2D eigenvalue weighted by Gasteiger charge is 2.26. The molecule has 0 aliphatic heterocycles. The van der Waals surface area contributed by atoms with E-state index in [-0.39, 0.29) is 0 Å². The standard InChI is InChI=1S/C22H14ClN3O2/c23-18-5-1-3-16(11-18)22-19(21(27)17-4-2-10-25-13-17)20(26-28-22)15-8-6-14(12-24)7-9-15/h1-11,13,21,27H. The molecular formula is C22H14ClN3O2. The van der Waals surface area contributed by atoms with Gasteiger partial charge in [-0.25, -0.2) is 0 Å². The summed E-state index contributed by atoms with van der Waals surface area (Å²) in [6, 6.07) is 19.7. The lowest BCUT2D eigenvalue weighted by molar-refractivity contribution is 0.220. The molecule has 0 saturated carbocycles. The lowest BCUT2D eigenvalue weighted by atomic mass is 9.94. The SMILES string of the molecule is N#Cc1ccc(-c2noc(-c3cccc(Cl)c3)c2C(O)c2cccnc2)cc1. The van der Waals surface area contributed by atoms with Gasteiger partial charge in [0.25, 0.3) is 0 Å². The summed E-state index contributed by atoms with van der Waals surface area (Å²) in [6.07, 6.45) is 2.24. The van der Waals surface area contributed by atoms with Gasteiger partial charge in [-0.3, -0.25) is 4.98 Å². The fourth-order valence-corrected chi connectivity index (χ4v) is 3.19. The van der Waals surface area contributed by atoms with E-state index in [9.17, 15) is 5.11 Å². The van der Waals surface area contributed by atoms with E-state index < -0.39 is 6.10 Å². The number of rotatable bonds is 4. The topological polar surface area (TPSA) is 82.9 Å². The van der Waals surface area contributed by atoms with Crippen LogP contribution in [0.4, 0.5) is 0 Å². The van der Waals surface area contributed by atoms with Crippen molar-refractivity contribution in [1.82, 2.24) is 10.1 Å². The predicted molar refractivity (Wildman–Crippen MR) is 105 cm³/mol. The lowest BCUT2D eigenvalue weighted by Crippen LogP contribution is -2.02. The number of halogens is 1. The van der Waals surface area contributed by atoms with Gasteiger partial charge in [0.1, 0.15) is 11.8 Å². The zero-order chi connectivity index (χ0) is 19.5. The quantitative estimate of drug-likeness (QED) is 0.532. The molecule has 2 aromatic carbocycles. The Morgan fingerprint density at radius 3 is 2.54 bits per heavy atom. The first-order chi connectivity index (χ1) is 13.7. The summed E-state index contributed by atoms with van der Waals surface area (Å²) in [7, 11) is 0. The first-order valence-corrected chi connectivity index (χ1v) is 8.89. The average Bonchev–Trinajstić information content (AvgIpc) is 3.19. The summed E-state index contributed by atoms with van der Waals surface area (Å²) in [5.41, 5.74) is 3.60. The van der Waals surface area contributed by atoms with Gasteiger partial charge in [0.15, 0.2) is 5.76 Å². The molecule has 0 fully saturated rings. The molecule has 1 unspecified atom stereocenters. The zero-order valence-electron chi connectivity index (χ0n) is 14.6. The number of nitriles is 1. The van der Waals surface area contributed by atoms with E-state index in [1.165, 1.54) is 0 Å². The molecule has 2 heterocycles. The van der Waals surface area contributed by atoms with Crippen LogP contribution in [0, 0.1) is 11.3 Å². The van der Waals surface area contributed by atoms with Crippen LogP contribution in [0.15, 0.2) is 77.6 Å². The molecule has 6 heteroatoms. The number of pyridine rings is 1. The van der Waals surface area contributed by atoms with E-state index >= 15 is 0 Å². The van der Waals surface area contributed by atoms with Crippen LogP contribution in [0.5, 0.6) is 0 Å². The van der Waals surface area contributed by atoms with Crippen LogP contribution < -0.4 is 0 Å². The van der Waals surface area contributed by atoms with E-state index in [2.05, 4.69) is 16.2 Å². The first-order valence-electron chi connectivity index (χ1n) is 8.51. The van der Waals surface area contributed by atoms with Crippen molar-refractivity contribution in [3.05, 3.63) is 94.8 Å². The fourth-order valence-electron chi connectivity index (χ4n) is 3.00. The number of aromatic nitrogens is 2. The number of aliphatic hydroxyl groups excluding tert-OH is 1. The molecule has 2 aromatic heterocycles. The van der Waals surface area contributed by atoms with Crippen LogP contribution in [0.3, 0.4) is 0 Å². The Morgan fingerprint density at radius 1 is 1.04 bits per heavy atom. The maximum Gasteiger partial charge on any atom is 0.173 e. The van der Waals surface area contributed by atoms with Crippen LogP contribution in [-0.2, 0) is 0 Å². The molecule has 0 bridgehead atoms. The summed E-state index contributed by atoms with van der Waals surface area (Å²) < 4.78 is 5.64. The third-order valence-corrected chi connectivity index (χ3v) is 4.61. The van der Waals surface area contributed by atoms with E-state index in [0.717, 1.165) is 5.56 Å². The number of nitrogens with zero attached hydrogens (tertiary/aromatic N) is 3. The molecule has 0 aliphatic carbocycles. The van der Waals surface area contributed by atoms with E-state index in [4.69, 9.17) is 21.4 Å². The molecule has 0 radical (unpaired) electrons. The molecule has 0 saturated heterocycles. The summed E-state index contributed by atoms with van der Waals surface area (Å²) in [4.78, 5) is 4.09. The minimum atomic E-state index is -1.00. The summed E-state index contributed by atoms with van der Waals surface area (Å²) in [5, 5.41) is 24.9. The van der Waals surface area contributed by atoms with Gasteiger partial charge in [-0.2, -0.15) is 5.26 Å². The van der Waals surface area contributed by atoms with Crippen molar-refractivity contribution >= 4 is 11.6 Å². The second-order valence-electron chi connectivity index (χ2n) is 6.16. The molecule has 4 rings (SSSR count). The smallest absolute Gasteiger partial charge is 0.173 e. The molecule has 136 valence electrons. The van der Waals surface area contributed by atoms with Crippen molar-refractivity contribution in [2.75, 3.05) is 0 Å². The molecule has 0 amide bonds. The van der Waals surface area contributed by atoms with Gasteiger partial charge in [-0.1, -0.05) is 47.1 Å². The highest BCUT2D eigenvalue weighted by Crippen LogP contribution is 2.39. The Morgan fingerprint density at radius 2 is 1.86 bits per heavy atom. The van der Waals surface area contributed by atoms with Crippen molar-refractivity contribution < 1.29 is 9.63 Å². The third kappa shape index (κ3) is 3.39. The maximum absolute atomic E-state index is 11.1. The molecule has 0 spiro atoms. The molecule has 4 aromatic rings. The van der Waals surface area contributed by atoms with Gasteiger partial charge in [0, 0.05) is 34.1 Å². The fraction of sp³-hybridized carbons (Fsp3) is 0.0455. The van der Waals surface area contributed by atoms with Gasteiger partial charge in [-0.05, 0) is 30.3 Å².